The molecule has 0 aliphatic carbocycles. The van der Waals surface area contributed by atoms with Crippen molar-refractivity contribution in [3.8, 4) is 5.75 Å². The van der Waals surface area contributed by atoms with Crippen LogP contribution >= 0.6 is 11.6 Å². The lowest BCUT2D eigenvalue weighted by Gasteiger charge is -2.22. The van der Waals surface area contributed by atoms with E-state index in [2.05, 4.69) is 5.32 Å². The van der Waals surface area contributed by atoms with Crippen molar-refractivity contribution < 1.29 is 14.6 Å². The molecule has 17 heavy (non-hydrogen) atoms. The SMILES string of the molecule is CC1(C(=O)Nc2ccc(O)cc2Cl)CCCO1. The zero-order valence-electron chi connectivity index (χ0n) is 9.50. The lowest BCUT2D eigenvalue weighted by Crippen LogP contribution is -2.39. The van der Waals surface area contributed by atoms with Crippen LogP contribution in [-0.4, -0.2) is 23.2 Å². The lowest BCUT2D eigenvalue weighted by atomic mass is 10.0. The summed E-state index contributed by atoms with van der Waals surface area (Å²) in [5.41, 5.74) is -0.299. The maximum absolute atomic E-state index is 12.0. The van der Waals surface area contributed by atoms with Crippen LogP contribution < -0.4 is 5.32 Å². The van der Waals surface area contributed by atoms with Gasteiger partial charge in [0.05, 0.1) is 10.7 Å². The molecule has 0 bridgehead atoms. The van der Waals surface area contributed by atoms with E-state index in [1.807, 2.05) is 0 Å². The van der Waals surface area contributed by atoms with Crippen LogP contribution in [0, 0.1) is 0 Å². The van der Waals surface area contributed by atoms with Crippen molar-refractivity contribution in [1.82, 2.24) is 0 Å². The minimum absolute atomic E-state index is 0.0660. The van der Waals surface area contributed by atoms with Gasteiger partial charge in [-0.1, -0.05) is 11.6 Å². The molecule has 4 nitrogen and oxygen atoms in total. The Morgan fingerprint density at radius 3 is 2.94 bits per heavy atom. The molecule has 92 valence electrons. The van der Waals surface area contributed by atoms with Crippen molar-refractivity contribution in [2.45, 2.75) is 25.4 Å². The van der Waals surface area contributed by atoms with Crippen molar-refractivity contribution in [2.24, 2.45) is 0 Å². The summed E-state index contributed by atoms with van der Waals surface area (Å²) in [4.78, 5) is 12.0. The van der Waals surface area contributed by atoms with Gasteiger partial charge in [0, 0.05) is 12.7 Å². The van der Waals surface area contributed by atoms with Crippen molar-refractivity contribution in [1.29, 1.82) is 0 Å². The molecule has 0 spiro atoms. The first-order valence-electron chi connectivity index (χ1n) is 5.45. The molecule has 1 atom stereocenters. The van der Waals surface area contributed by atoms with Gasteiger partial charge >= 0.3 is 0 Å². The summed E-state index contributed by atoms with van der Waals surface area (Å²) in [5, 5.41) is 12.2. The summed E-state index contributed by atoms with van der Waals surface area (Å²) in [6.45, 7) is 2.37. The highest BCUT2D eigenvalue weighted by atomic mass is 35.5. The van der Waals surface area contributed by atoms with E-state index in [4.69, 9.17) is 16.3 Å². The predicted octanol–water partition coefficient (Wildman–Crippen LogP) is 2.55. The van der Waals surface area contributed by atoms with Crippen molar-refractivity contribution in [3.63, 3.8) is 0 Å². The fourth-order valence-electron chi connectivity index (χ4n) is 1.82. The topological polar surface area (TPSA) is 58.6 Å². The van der Waals surface area contributed by atoms with E-state index >= 15 is 0 Å². The van der Waals surface area contributed by atoms with E-state index in [0.29, 0.717) is 23.7 Å². The molecule has 5 heteroatoms. The first-order valence-corrected chi connectivity index (χ1v) is 5.83. The second-order valence-electron chi connectivity index (χ2n) is 4.30. The molecule has 1 unspecified atom stereocenters. The third-order valence-corrected chi connectivity index (χ3v) is 3.21. The van der Waals surface area contributed by atoms with E-state index < -0.39 is 5.60 Å². The molecule has 1 saturated heterocycles. The van der Waals surface area contributed by atoms with Gasteiger partial charge in [-0.15, -0.1) is 0 Å². The third-order valence-electron chi connectivity index (χ3n) is 2.90. The van der Waals surface area contributed by atoms with Crippen LogP contribution in [0.5, 0.6) is 5.75 Å². The Hall–Kier alpha value is -1.26. The molecule has 1 aliphatic rings. The standard InChI is InChI=1S/C12H14ClNO3/c1-12(5-2-6-17-12)11(16)14-10-4-3-8(15)7-9(10)13/h3-4,7,15H,2,5-6H2,1H3,(H,14,16). The lowest BCUT2D eigenvalue weighted by molar-refractivity contribution is -0.133. The highest BCUT2D eigenvalue weighted by Gasteiger charge is 2.37. The van der Waals surface area contributed by atoms with E-state index in [0.717, 1.165) is 6.42 Å². The number of benzene rings is 1. The minimum atomic E-state index is -0.777. The number of hydrogen-bond donors (Lipinski definition) is 2. The van der Waals surface area contributed by atoms with Gasteiger partial charge in [0.25, 0.3) is 5.91 Å². The Morgan fingerprint density at radius 2 is 2.35 bits per heavy atom. The van der Waals surface area contributed by atoms with Gasteiger partial charge in [-0.2, -0.15) is 0 Å². The van der Waals surface area contributed by atoms with Crippen LogP contribution in [-0.2, 0) is 9.53 Å². The fourth-order valence-corrected chi connectivity index (χ4v) is 2.04. The Morgan fingerprint density at radius 1 is 1.59 bits per heavy atom. The van der Waals surface area contributed by atoms with E-state index in [-0.39, 0.29) is 11.7 Å². The number of rotatable bonds is 2. The number of phenolic OH excluding ortho intramolecular Hbond substituents is 1. The van der Waals surface area contributed by atoms with Gasteiger partial charge in [-0.05, 0) is 31.9 Å². The smallest absolute Gasteiger partial charge is 0.256 e. The number of carbonyl (C=O) groups is 1. The Kier molecular flexibility index (Phi) is 3.26. The second kappa shape index (κ2) is 4.55. The summed E-state index contributed by atoms with van der Waals surface area (Å²) in [6.07, 6.45) is 1.59. The molecule has 1 fully saturated rings. The molecule has 1 aromatic carbocycles. The number of phenols is 1. The Labute approximate surface area is 105 Å². The Balaban J connectivity index is 2.13. The van der Waals surface area contributed by atoms with Crippen molar-refractivity contribution in [3.05, 3.63) is 23.2 Å². The van der Waals surface area contributed by atoms with Crippen LogP contribution in [0.15, 0.2) is 18.2 Å². The van der Waals surface area contributed by atoms with Crippen molar-refractivity contribution in [2.75, 3.05) is 11.9 Å². The number of aromatic hydroxyl groups is 1. The van der Waals surface area contributed by atoms with Crippen LogP contribution in [0.1, 0.15) is 19.8 Å². The van der Waals surface area contributed by atoms with Crippen LogP contribution in [0.3, 0.4) is 0 Å². The predicted molar refractivity (Wildman–Crippen MR) is 65.3 cm³/mol. The zero-order valence-corrected chi connectivity index (χ0v) is 10.3. The molecule has 1 aromatic rings. The molecular formula is C12H14ClNO3. The third kappa shape index (κ3) is 2.53. The first kappa shape index (κ1) is 12.2. The second-order valence-corrected chi connectivity index (χ2v) is 4.71. The van der Waals surface area contributed by atoms with Crippen LogP contribution in [0.4, 0.5) is 5.69 Å². The maximum Gasteiger partial charge on any atom is 0.256 e. The van der Waals surface area contributed by atoms with Crippen LogP contribution in [0.2, 0.25) is 5.02 Å². The number of carbonyl (C=O) groups excluding carboxylic acids is 1. The van der Waals surface area contributed by atoms with E-state index in [9.17, 15) is 9.90 Å². The highest BCUT2D eigenvalue weighted by molar-refractivity contribution is 6.33. The summed E-state index contributed by atoms with van der Waals surface area (Å²) in [5.74, 6) is -0.140. The average Bonchev–Trinajstić information content (AvgIpc) is 2.71. The summed E-state index contributed by atoms with van der Waals surface area (Å²) in [7, 11) is 0. The molecule has 1 amide bonds. The molecule has 1 aliphatic heterocycles. The van der Waals surface area contributed by atoms with Gasteiger partial charge in [0.15, 0.2) is 0 Å². The molecule has 2 rings (SSSR count). The molecule has 0 radical (unpaired) electrons. The molecular weight excluding hydrogens is 242 g/mol. The van der Waals surface area contributed by atoms with Gasteiger partial charge in [-0.25, -0.2) is 0 Å². The summed E-state index contributed by atoms with van der Waals surface area (Å²) >= 11 is 5.91. The number of nitrogens with one attached hydrogen (secondary N) is 1. The number of halogens is 1. The average molecular weight is 256 g/mol. The maximum atomic E-state index is 12.0. The van der Waals surface area contributed by atoms with Crippen LogP contribution in [0.25, 0.3) is 0 Å². The summed E-state index contributed by atoms with van der Waals surface area (Å²) < 4.78 is 5.43. The number of amides is 1. The van der Waals surface area contributed by atoms with Gasteiger partial charge in [0.1, 0.15) is 11.4 Å². The van der Waals surface area contributed by atoms with Crippen molar-refractivity contribution >= 4 is 23.2 Å². The monoisotopic (exact) mass is 255 g/mol. The van der Waals surface area contributed by atoms with E-state index in [1.54, 1.807) is 13.0 Å². The number of ether oxygens (including phenoxy) is 1. The quantitative estimate of drug-likeness (QED) is 0.799. The van der Waals surface area contributed by atoms with E-state index in [1.165, 1.54) is 12.1 Å². The molecule has 0 aromatic heterocycles. The number of hydrogen-bond acceptors (Lipinski definition) is 3. The Bertz CT molecular complexity index is 441. The minimum Gasteiger partial charge on any atom is -0.508 e. The molecule has 1 heterocycles. The molecule has 0 saturated carbocycles. The zero-order chi connectivity index (χ0) is 12.5. The fraction of sp³-hybridized carbons (Fsp3) is 0.417. The first-order chi connectivity index (χ1) is 8.01. The normalized spacial score (nSPS) is 23.6. The van der Waals surface area contributed by atoms with Gasteiger partial charge in [-0.3, -0.25) is 4.79 Å². The molecule has 2 N–H and O–H groups in total. The summed E-state index contributed by atoms with van der Waals surface area (Å²) in [6, 6.07) is 4.42. The largest absolute Gasteiger partial charge is 0.508 e. The number of anilines is 1. The van der Waals surface area contributed by atoms with Gasteiger partial charge < -0.3 is 15.2 Å². The van der Waals surface area contributed by atoms with Gasteiger partial charge in [0.2, 0.25) is 0 Å². The highest BCUT2D eigenvalue weighted by Crippen LogP contribution is 2.30.